The molecule has 0 spiro atoms. The second-order valence-corrected chi connectivity index (χ2v) is 6.50. The average Bonchev–Trinajstić information content (AvgIpc) is 2.75. The van der Waals surface area contributed by atoms with Crippen LogP contribution in [0.2, 0.25) is 0 Å². The number of aliphatic imine (C=N–C) groups is 1. The maximum absolute atomic E-state index is 13.3. The van der Waals surface area contributed by atoms with E-state index in [9.17, 15) is 9.65 Å². The van der Waals surface area contributed by atoms with Gasteiger partial charge in [0, 0.05) is 11.1 Å². The standard InChI is InChI=1S/C21H15FN8O/c22-11-5-7-12(8-6-11)31-15-4-2-1-3-13(15)18-16-17(25)14(9-23)19(26)29-20(16)30-21(28-18)27-10-24/h1-8,18H,(H6,25,26,27,28,29,30). The van der Waals surface area contributed by atoms with E-state index in [-0.39, 0.29) is 34.7 Å². The fourth-order valence-electron chi connectivity index (χ4n) is 3.23. The Labute approximate surface area is 176 Å². The molecule has 1 atom stereocenters. The summed E-state index contributed by atoms with van der Waals surface area (Å²) in [6, 6.07) is 13.8. The molecule has 4 rings (SSSR count). The molecule has 10 heteroatoms. The SMILES string of the molecule is N#CNC1=NC(c2ccccc2Oc2ccc(F)cc2)c2c(nc(N)c(C#N)c2N)N1. The molecule has 3 aromatic rings. The van der Waals surface area contributed by atoms with Gasteiger partial charge in [-0.3, -0.25) is 5.32 Å². The summed E-state index contributed by atoms with van der Waals surface area (Å²) in [5.41, 5.74) is 13.3. The van der Waals surface area contributed by atoms with Gasteiger partial charge in [-0.2, -0.15) is 10.5 Å². The minimum atomic E-state index is -0.760. The van der Waals surface area contributed by atoms with Gasteiger partial charge in [-0.15, -0.1) is 0 Å². The molecule has 31 heavy (non-hydrogen) atoms. The minimum Gasteiger partial charge on any atom is -0.457 e. The van der Waals surface area contributed by atoms with Crippen molar-refractivity contribution in [1.82, 2.24) is 10.3 Å². The molecular weight excluding hydrogens is 399 g/mol. The number of nitrogens with one attached hydrogen (secondary N) is 2. The van der Waals surface area contributed by atoms with Gasteiger partial charge in [0.15, 0.2) is 6.19 Å². The Hall–Kier alpha value is -4.83. The first-order chi connectivity index (χ1) is 15.0. The highest BCUT2D eigenvalue weighted by Crippen LogP contribution is 2.43. The van der Waals surface area contributed by atoms with Gasteiger partial charge in [0.2, 0.25) is 5.96 Å². The van der Waals surface area contributed by atoms with Crippen molar-refractivity contribution in [3.63, 3.8) is 0 Å². The lowest BCUT2D eigenvalue weighted by Crippen LogP contribution is -2.32. The summed E-state index contributed by atoms with van der Waals surface area (Å²) < 4.78 is 19.2. The summed E-state index contributed by atoms with van der Waals surface area (Å²) in [5, 5.41) is 23.8. The zero-order chi connectivity index (χ0) is 22.0. The number of hydrogen-bond donors (Lipinski definition) is 4. The number of nitrogens with zero attached hydrogens (tertiary/aromatic N) is 4. The third kappa shape index (κ3) is 3.61. The summed E-state index contributed by atoms with van der Waals surface area (Å²) in [6.45, 7) is 0. The van der Waals surface area contributed by atoms with Crippen molar-refractivity contribution < 1.29 is 9.13 Å². The Morgan fingerprint density at radius 2 is 1.84 bits per heavy atom. The van der Waals surface area contributed by atoms with E-state index in [1.54, 1.807) is 30.5 Å². The van der Waals surface area contributed by atoms with Crippen LogP contribution in [-0.4, -0.2) is 10.9 Å². The summed E-state index contributed by atoms with van der Waals surface area (Å²) in [6.07, 6.45) is 1.80. The molecule has 6 N–H and O–H groups in total. The molecule has 0 aliphatic carbocycles. The Morgan fingerprint density at radius 3 is 2.55 bits per heavy atom. The molecular formula is C21H15FN8O. The van der Waals surface area contributed by atoms with Gasteiger partial charge in [-0.1, -0.05) is 18.2 Å². The lowest BCUT2D eigenvalue weighted by atomic mass is 9.94. The molecule has 1 unspecified atom stereocenters. The van der Waals surface area contributed by atoms with Crippen molar-refractivity contribution in [3.8, 4) is 23.8 Å². The normalized spacial score (nSPS) is 14.3. The number of rotatable bonds is 3. The van der Waals surface area contributed by atoms with Crippen LogP contribution in [0.4, 0.5) is 21.7 Å². The molecule has 1 aliphatic rings. The lowest BCUT2D eigenvalue weighted by molar-refractivity contribution is 0.471. The van der Waals surface area contributed by atoms with E-state index in [0.717, 1.165) is 0 Å². The van der Waals surface area contributed by atoms with E-state index >= 15 is 0 Å². The number of fused-ring (bicyclic) bond motifs is 1. The maximum Gasteiger partial charge on any atom is 0.211 e. The summed E-state index contributed by atoms with van der Waals surface area (Å²) in [5.74, 6) is 0.824. The first-order valence-electron chi connectivity index (χ1n) is 9.03. The zero-order valence-electron chi connectivity index (χ0n) is 15.9. The summed E-state index contributed by atoms with van der Waals surface area (Å²) in [7, 11) is 0. The highest BCUT2D eigenvalue weighted by Gasteiger charge is 2.31. The second-order valence-electron chi connectivity index (χ2n) is 6.50. The number of nitrogens with two attached hydrogens (primary N) is 2. The smallest absolute Gasteiger partial charge is 0.211 e. The number of benzene rings is 2. The van der Waals surface area contributed by atoms with Crippen molar-refractivity contribution in [3.05, 3.63) is 71.0 Å². The van der Waals surface area contributed by atoms with E-state index in [2.05, 4.69) is 20.6 Å². The Balaban J connectivity index is 1.87. The number of hydrogen-bond acceptors (Lipinski definition) is 9. The molecule has 0 fully saturated rings. The molecule has 1 aliphatic heterocycles. The van der Waals surface area contributed by atoms with Crippen LogP contribution in [0.25, 0.3) is 0 Å². The topological polar surface area (TPSA) is 158 Å². The van der Waals surface area contributed by atoms with Gasteiger partial charge in [-0.05, 0) is 30.3 Å². The highest BCUT2D eigenvalue weighted by molar-refractivity contribution is 5.98. The van der Waals surface area contributed by atoms with Crippen molar-refractivity contribution >= 4 is 23.3 Å². The molecule has 152 valence electrons. The van der Waals surface area contributed by atoms with Gasteiger partial charge in [0.1, 0.15) is 46.6 Å². The quantitative estimate of drug-likeness (QED) is 0.376. The molecule has 2 aromatic carbocycles. The van der Waals surface area contributed by atoms with Crippen LogP contribution >= 0.6 is 0 Å². The number of pyridine rings is 1. The van der Waals surface area contributed by atoms with Crippen LogP contribution < -0.4 is 26.8 Å². The first-order valence-corrected chi connectivity index (χ1v) is 9.03. The summed E-state index contributed by atoms with van der Waals surface area (Å²) >= 11 is 0. The molecule has 0 saturated heterocycles. The van der Waals surface area contributed by atoms with Crippen LogP contribution in [-0.2, 0) is 0 Å². The van der Waals surface area contributed by atoms with Gasteiger partial charge in [-0.25, -0.2) is 14.4 Å². The molecule has 0 saturated carbocycles. The van der Waals surface area contributed by atoms with Crippen molar-refractivity contribution in [2.75, 3.05) is 16.8 Å². The molecule has 2 heterocycles. The third-order valence-electron chi connectivity index (χ3n) is 4.61. The van der Waals surface area contributed by atoms with Gasteiger partial charge in [0.25, 0.3) is 0 Å². The molecule has 1 aromatic heterocycles. The molecule has 9 nitrogen and oxygen atoms in total. The Morgan fingerprint density at radius 1 is 1.10 bits per heavy atom. The van der Waals surface area contributed by atoms with Gasteiger partial charge < -0.3 is 21.5 Å². The van der Waals surface area contributed by atoms with Crippen LogP contribution in [0, 0.1) is 28.6 Å². The third-order valence-corrected chi connectivity index (χ3v) is 4.61. The second kappa shape index (κ2) is 7.89. The van der Waals surface area contributed by atoms with Gasteiger partial charge in [0.05, 0.1) is 5.69 Å². The van der Waals surface area contributed by atoms with E-state index in [0.29, 0.717) is 22.6 Å². The van der Waals surface area contributed by atoms with Crippen LogP contribution in [0.1, 0.15) is 22.7 Å². The van der Waals surface area contributed by atoms with E-state index < -0.39 is 6.04 Å². The summed E-state index contributed by atoms with van der Waals surface area (Å²) in [4.78, 5) is 8.76. The number of nitrogen functional groups attached to an aromatic ring is 2. The van der Waals surface area contributed by atoms with Gasteiger partial charge >= 0.3 is 0 Å². The number of ether oxygens (including phenoxy) is 1. The predicted octanol–water partition coefficient (Wildman–Crippen LogP) is 2.99. The number of guanidine groups is 1. The zero-order valence-corrected chi connectivity index (χ0v) is 15.9. The fourth-order valence-corrected chi connectivity index (χ4v) is 3.23. The minimum absolute atomic E-state index is 0.0365. The lowest BCUT2D eigenvalue weighted by Gasteiger charge is -2.27. The Bertz CT molecular complexity index is 1270. The molecule has 0 amide bonds. The van der Waals surface area contributed by atoms with Crippen LogP contribution in [0.5, 0.6) is 11.5 Å². The number of halogens is 1. The Kier molecular flexibility index (Phi) is 4.96. The largest absolute Gasteiger partial charge is 0.457 e. The number of anilines is 3. The van der Waals surface area contributed by atoms with Crippen molar-refractivity contribution in [2.45, 2.75) is 6.04 Å². The van der Waals surface area contributed by atoms with E-state index in [4.69, 9.17) is 21.5 Å². The van der Waals surface area contributed by atoms with E-state index in [1.165, 1.54) is 24.3 Å². The van der Waals surface area contributed by atoms with Crippen LogP contribution in [0.3, 0.4) is 0 Å². The highest BCUT2D eigenvalue weighted by atomic mass is 19.1. The predicted molar refractivity (Wildman–Crippen MR) is 112 cm³/mol. The van der Waals surface area contributed by atoms with E-state index in [1.807, 2.05) is 6.07 Å². The van der Waals surface area contributed by atoms with Crippen LogP contribution in [0.15, 0.2) is 53.5 Å². The molecule has 0 bridgehead atoms. The molecule has 0 radical (unpaired) electrons. The number of nitriles is 2. The first kappa shape index (κ1) is 19.5. The van der Waals surface area contributed by atoms with Crippen molar-refractivity contribution in [2.24, 2.45) is 4.99 Å². The number of aromatic nitrogens is 1. The number of para-hydroxylation sites is 1. The van der Waals surface area contributed by atoms with Crippen molar-refractivity contribution in [1.29, 1.82) is 10.5 Å². The average molecular weight is 414 g/mol. The fraction of sp³-hybridized carbons (Fsp3) is 0.0476. The maximum atomic E-state index is 13.3. The monoisotopic (exact) mass is 414 g/mol.